The van der Waals surface area contributed by atoms with Crippen molar-refractivity contribution in [1.82, 2.24) is 29.6 Å². The Labute approximate surface area is 151 Å². The van der Waals surface area contributed by atoms with Crippen molar-refractivity contribution in [2.45, 2.75) is 32.0 Å². The molecule has 0 amide bonds. The molecule has 3 aromatic rings. The number of pyridine rings is 1. The van der Waals surface area contributed by atoms with Crippen LogP contribution in [-0.4, -0.2) is 49.8 Å². The summed E-state index contributed by atoms with van der Waals surface area (Å²) in [7, 11) is 1.71. The lowest BCUT2D eigenvalue weighted by Gasteiger charge is -2.21. The number of methoxy groups -OCH3 is 1. The van der Waals surface area contributed by atoms with Crippen molar-refractivity contribution in [1.29, 1.82) is 0 Å². The summed E-state index contributed by atoms with van der Waals surface area (Å²) >= 11 is 0. The van der Waals surface area contributed by atoms with Crippen LogP contribution in [0.1, 0.15) is 30.6 Å². The van der Waals surface area contributed by atoms with E-state index < -0.39 is 0 Å². The van der Waals surface area contributed by atoms with Gasteiger partial charge in [-0.15, -0.1) is 0 Å². The molecule has 8 nitrogen and oxygen atoms in total. The second-order valence-corrected chi connectivity index (χ2v) is 6.35. The Balaban J connectivity index is 1.49. The molecule has 0 unspecified atom stereocenters. The SMILES string of the molecule is COCCn1ccnc1CN1CCC[C@H]1c1nc(-c2ccncc2)no1. The minimum absolute atomic E-state index is 0.130. The van der Waals surface area contributed by atoms with Crippen molar-refractivity contribution >= 4 is 0 Å². The molecular formula is C18H22N6O2. The molecule has 0 bridgehead atoms. The van der Waals surface area contributed by atoms with E-state index in [9.17, 15) is 0 Å². The minimum Gasteiger partial charge on any atom is -0.383 e. The Morgan fingerprint density at radius 1 is 1.27 bits per heavy atom. The quantitative estimate of drug-likeness (QED) is 0.644. The van der Waals surface area contributed by atoms with Gasteiger partial charge in [-0.2, -0.15) is 4.98 Å². The molecule has 0 aliphatic carbocycles. The third kappa shape index (κ3) is 3.51. The van der Waals surface area contributed by atoms with Gasteiger partial charge in [0.1, 0.15) is 5.82 Å². The summed E-state index contributed by atoms with van der Waals surface area (Å²) < 4.78 is 12.9. The number of hydrogen-bond acceptors (Lipinski definition) is 7. The molecule has 1 aliphatic rings. The number of aromatic nitrogens is 5. The third-order valence-electron chi connectivity index (χ3n) is 4.71. The van der Waals surface area contributed by atoms with Crippen LogP contribution >= 0.6 is 0 Å². The lowest BCUT2D eigenvalue weighted by Crippen LogP contribution is -2.25. The second-order valence-electron chi connectivity index (χ2n) is 6.35. The summed E-state index contributed by atoms with van der Waals surface area (Å²) in [4.78, 5) is 15.5. The van der Waals surface area contributed by atoms with Crippen LogP contribution in [0.4, 0.5) is 0 Å². The Morgan fingerprint density at radius 2 is 2.15 bits per heavy atom. The molecule has 0 N–H and O–H groups in total. The average molecular weight is 354 g/mol. The van der Waals surface area contributed by atoms with Crippen molar-refractivity contribution in [3.8, 4) is 11.4 Å². The van der Waals surface area contributed by atoms with Crippen LogP contribution < -0.4 is 0 Å². The van der Waals surface area contributed by atoms with E-state index in [4.69, 9.17) is 9.26 Å². The molecule has 1 saturated heterocycles. The number of nitrogens with zero attached hydrogens (tertiary/aromatic N) is 6. The van der Waals surface area contributed by atoms with Crippen LogP contribution in [0.5, 0.6) is 0 Å². The van der Waals surface area contributed by atoms with Gasteiger partial charge in [0.25, 0.3) is 0 Å². The Kier molecular flexibility index (Phi) is 5.03. The van der Waals surface area contributed by atoms with Crippen LogP contribution in [0.15, 0.2) is 41.4 Å². The molecule has 3 aromatic heterocycles. The number of ether oxygens (including phenoxy) is 1. The van der Waals surface area contributed by atoms with Gasteiger partial charge in [0.2, 0.25) is 11.7 Å². The predicted molar refractivity (Wildman–Crippen MR) is 94.0 cm³/mol. The van der Waals surface area contributed by atoms with Crippen molar-refractivity contribution < 1.29 is 9.26 Å². The summed E-state index contributed by atoms with van der Waals surface area (Å²) in [6, 6.07) is 3.90. The summed E-state index contributed by atoms with van der Waals surface area (Å²) in [5.74, 6) is 2.31. The van der Waals surface area contributed by atoms with Gasteiger partial charge in [-0.3, -0.25) is 9.88 Å². The van der Waals surface area contributed by atoms with Gasteiger partial charge < -0.3 is 13.8 Å². The molecule has 0 saturated carbocycles. The highest BCUT2D eigenvalue weighted by Gasteiger charge is 2.31. The average Bonchev–Trinajstić information content (AvgIpc) is 3.42. The number of likely N-dealkylation sites (tertiary alicyclic amines) is 1. The second kappa shape index (κ2) is 7.76. The van der Waals surface area contributed by atoms with E-state index in [0.717, 1.165) is 43.9 Å². The topological polar surface area (TPSA) is 82.1 Å². The van der Waals surface area contributed by atoms with Crippen molar-refractivity contribution in [3.63, 3.8) is 0 Å². The van der Waals surface area contributed by atoms with Gasteiger partial charge >= 0.3 is 0 Å². The standard InChI is InChI=1S/C18H22N6O2/c1-25-12-11-23-10-8-20-16(23)13-24-9-2-3-15(24)18-21-17(22-26-18)14-4-6-19-7-5-14/h4-8,10,15H,2-3,9,11-13H2,1H3/t15-/m0/s1. The number of rotatable bonds is 7. The van der Waals surface area contributed by atoms with Gasteiger partial charge in [-0.25, -0.2) is 4.98 Å². The Morgan fingerprint density at radius 3 is 3.00 bits per heavy atom. The molecule has 0 spiro atoms. The first-order chi connectivity index (χ1) is 12.8. The molecule has 4 heterocycles. The van der Waals surface area contributed by atoms with Crippen LogP contribution in [0.3, 0.4) is 0 Å². The summed E-state index contributed by atoms with van der Waals surface area (Å²) in [6.07, 6.45) is 9.41. The monoisotopic (exact) mass is 354 g/mol. The van der Waals surface area contributed by atoms with Gasteiger partial charge in [0, 0.05) is 44.0 Å². The molecule has 0 radical (unpaired) electrons. The van der Waals surface area contributed by atoms with Crippen LogP contribution in [0.2, 0.25) is 0 Å². The maximum atomic E-state index is 5.58. The van der Waals surface area contributed by atoms with Crippen LogP contribution in [0.25, 0.3) is 11.4 Å². The van der Waals surface area contributed by atoms with Crippen molar-refractivity contribution in [3.05, 3.63) is 48.6 Å². The summed E-state index contributed by atoms with van der Waals surface area (Å²) in [6.45, 7) is 3.23. The van der Waals surface area contributed by atoms with E-state index >= 15 is 0 Å². The number of hydrogen-bond donors (Lipinski definition) is 0. The van der Waals surface area contributed by atoms with E-state index in [-0.39, 0.29) is 6.04 Å². The molecule has 4 rings (SSSR count). The van der Waals surface area contributed by atoms with E-state index in [2.05, 4.69) is 29.6 Å². The predicted octanol–water partition coefficient (Wildman–Crippen LogP) is 2.31. The van der Waals surface area contributed by atoms with E-state index in [1.54, 1.807) is 19.5 Å². The first-order valence-electron chi connectivity index (χ1n) is 8.82. The molecular weight excluding hydrogens is 332 g/mol. The third-order valence-corrected chi connectivity index (χ3v) is 4.71. The highest BCUT2D eigenvalue weighted by atomic mass is 16.5. The Bertz CT molecular complexity index is 831. The minimum atomic E-state index is 0.130. The number of imidazole rings is 1. The molecule has 1 fully saturated rings. The lowest BCUT2D eigenvalue weighted by atomic mass is 10.2. The molecule has 0 aromatic carbocycles. The normalized spacial score (nSPS) is 17.8. The van der Waals surface area contributed by atoms with E-state index in [1.165, 1.54) is 0 Å². The summed E-state index contributed by atoms with van der Waals surface area (Å²) in [5.41, 5.74) is 0.912. The smallest absolute Gasteiger partial charge is 0.244 e. The molecule has 1 aliphatic heterocycles. The van der Waals surface area contributed by atoms with Gasteiger partial charge in [0.05, 0.1) is 19.2 Å². The first-order valence-corrected chi connectivity index (χ1v) is 8.82. The maximum absolute atomic E-state index is 5.58. The van der Waals surface area contributed by atoms with E-state index in [0.29, 0.717) is 18.3 Å². The molecule has 1 atom stereocenters. The zero-order chi connectivity index (χ0) is 17.8. The first kappa shape index (κ1) is 16.9. The van der Waals surface area contributed by atoms with Gasteiger partial charge in [0.15, 0.2) is 0 Å². The molecule has 26 heavy (non-hydrogen) atoms. The van der Waals surface area contributed by atoms with Crippen molar-refractivity contribution in [2.75, 3.05) is 20.3 Å². The Hall–Kier alpha value is -2.58. The fraction of sp³-hybridized carbons (Fsp3) is 0.444. The lowest BCUT2D eigenvalue weighted by molar-refractivity contribution is 0.177. The van der Waals surface area contributed by atoms with Crippen molar-refractivity contribution in [2.24, 2.45) is 0 Å². The highest BCUT2D eigenvalue weighted by molar-refractivity contribution is 5.52. The van der Waals surface area contributed by atoms with Gasteiger partial charge in [-0.05, 0) is 31.5 Å². The molecule has 8 heteroatoms. The van der Waals surface area contributed by atoms with Crippen LogP contribution in [-0.2, 0) is 17.8 Å². The fourth-order valence-electron chi connectivity index (χ4n) is 3.35. The fourth-order valence-corrected chi connectivity index (χ4v) is 3.35. The van der Waals surface area contributed by atoms with Gasteiger partial charge in [-0.1, -0.05) is 5.16 Å². The largest absolute Gasteiger partial charge is 0.383 e. The zero-order valence-electron chi connectivity index (χ0n) is 14.8. The maximum Gasteiger partial charge on any atom is 0.244 e. The molecule has 136 valence electrons. The zero-order valence-corrected chi connectivity index (χ0v) is 14.8. The highest BCUT2D eigenvalue weighted by Crippen LogP contribution is 2.33. The van der Waals surface area contributed by atoms with Crippen LogP contribution in [0, 0.1) is 0 Å². The summed E-state index contributed by atoms with van der Waals surface area (Å²) in [5, 5.41) is 4.14. The van der Waals surface area contributed by atoms with E-state index in [1.807, 2.05) is 24.5 Å².